The molecule has 0 aliphatic carbocycles. The minimum Gasteiger partial charge on any atom is -0.384 e. The summed E-state index contributed by atoms with van der Waals surface area (Å²) in [6, 6.07) is 6.43. The fourth-order valence-corrected chi connectivity index (χ4v) is 1.81. The number of rotatable bonds is 2. The van der Waals surface area contributed by atoms with Crippen molar-refractivity contribution in [3.63, 3.8) is 0 Å². The molecule has 0 radical (unpaired) electrons. The van der Waals surface area contributed by atoms with Gasteiger partial charge in [0, 0.05) is 12.4 Å². The molecule has 2 nitrogen and oxygen atoms in total. The van der Waals surface area contributed by atoms with Crippen molar-refractivity contribution in [3.05, 3.63) is 64.7 Å². The first kappa shape index (κ1) is 11.7. The predicted molar refractivity (Wildman–Crippen MR) is 64.2 cm³/mol. The lowest BCUT2D eigenvalue weighted by atomic mass is 9.98. The Kier molecular flexibility index (Phi) is 3.20. The van der Waals surface area contributed by atoms with Crippen molar-refractivity contribution in [2.45, 2.75) is 20.0 Å². The van der Waals surface area contributed by atoms with Crippen LogP contribution in [0.3, 0.4) is 0 Å². The SMILES string of the molecule is Cc1cc(C(O)c2ccncc2C)ccc1F. The predicted octanol–water partition coefficient (Wildman–Crippen LogP) is 2.92. The number of nitrogens with zero attached hydrogens (tertiary/aromatic N) is 1. The van der Waals surface area contributed by atoms with Crippen LogP contribution in [0.4, 0.5) is 4.39 Å². The Morgan fingerprint density at radius 1 is 1.18 bits per heavy atom. The molecule has 0 saturated heterocycles. The zero-order valence-corrected chi connectivity index (χ0v) is 9.81. The van der Waals surface area contributed by atoms with E-state index in [9.17, 15) is 9.50 Å². The smallest absolute Gasteiger partial charge is 0.126 e. The van der Waals surface area contributed by atoms with Gasteiger partial charge in [0.15, 0.2) is 0 Å². The van der Waals surface area contributed by atoms with Gasteiger partial charge in [0.2, 0.25) is 0 Å². The molecule has 0 saturated carbocycles. The maximum atomic E-state index is 13.2. The molecule has 17 heavy (non-hydrogen) atoms. The molecule has 0 spiro atoms. The van der Waals surface area contributed by atoms with Gasteiger partial charge in [-0.15, -0.1) is 0 Å². The highest BCUT2D eigenvalue weighted by Crippen LogP contribution is 2.25. The zero-order valence-electron chi connectivity index (χ0n) is 9.81. The van der Waals surface area contributed by atoms with Gasteiger partial charge in [-0.25, -0.2) is 4.39 Å². The third kappa shape index (κ3) is 2.34. The first-order chi connectivity index (χ1) is 8.09. The van der Waals surface area contributed by atoms with E-state index in [4.69, 9.17) is 0 Å². The van der Waals surface area contributed by atoms with Crippen molar-refractivity contribution in [1.29, 1.82) is 0 Å². The molecular weight excluding hydrogens is 217 g/mol. The summed E-state index contributed by atoms with van der Waals surface area (Å²) in [5.74, 6) is -0.257. The molecule has 1 N–H and O–H groups in total. The van der Waals surface area contributed by atoms with Crippen LogP contribution in [0.1, 0.15) is 28.4 Å². The number of halogens is 1. The maximum absolute atomic E-state index is 13.2. The number of aliphatic hydroxyl groups excluding tert-OH is 1. The molecule has 0 fully saturated rings. The summed E-state index contributed by atoms with van der Waals surface area (Å²) < 4.78 is 13.2. The fourth-order valence-electron chi connectivity index (χ4n) is 1.81. The molecule has 1 aromatic carbocycles. The van der Waals surface area contributed by atoms with Crippen LogP contribution in [0.15, 0.2) is 36.7 Å². The highest BCUT2D eigenvalue weighted by atomic mass is 19.1. The molecular formula is C14H14FNO. The molecule has 1 aromatic heterocycles. The lowest BCUT2D eigenvalue weighted by Crippen LogP contribution is -2.03. The van der Waals surface area contributed by atoms with Crippen LogP contribution in [-0.2, 0) is 0 Å². The number of aromatic nitrogens is 1. The summed E-state index contributed by atoms with van der Waals surface area (Å²) in [7, 11) is 0. The lowest BCUT2D eigenvalue weighted by molar-refractivity contribution is 0.219. The van der Waals surface area contributed by atoms with E-state index in [1.165, 1.54) is 6.07 Å². The first-order valence-electron chi connectivity index (χ1n) is 5.44. The summed E-state index contributed by atoms with van der Waals surface area (Å²) in [4.78, 5) is 3.98. The third-order valence-electron chi connectivity index (χ3n) is 2.86. The van der Waals surface area contributed by atoms with Crippen molar-refractivity contribution in [2.75, 3.05) is 0 Å². The largest absolute Gasteiger partial charge is 0.384 e. The second-order valence-electron chi connectivity index (χ2n) is 4.14. The Hall–Kier alpha value is -1.74. The van der Waals surface area contributed by atoms with Crippen molar-refractivity contribution in [3.8, 4) is 0 Å². The van der Waals surface area contributed by atoms with Gasteiger partial charge in [-0.3, -0.25) is 4.98 Å². The second-order valence-corrected chi connectivity index (χ2v) is 4.14. The molecule has 2 rings (SSSR count). The third-order valence-corrected chi connectivity index (χ3v) is 2.86. The van der Waals surface area contributed by atoms with E-state index in [1.807, 2.05) is 6.92 Å². The molecule has 0 amide bonds. The van der Waals surface area contributed by atoms with Crippen LogP contribution in [0.25, 0.3) is 0 Å². The monoisotopic (exact) mass is 231 g/mol. The van der Waals surface area contributed by atoms with Gasteiger partial charge in [0.1, 0.15) is 11.9 Å². The molecule has 0 aliphatic rings. The highest BCUT2D eigenvalue weighted by Gasteiger charge is 2.13. The quantitative estimate of drug-likeness (QED) is 0.862. The summed E-state index contributed by atoms with van der Waals surface area (Å²) in [6.45, 7) is 3.58. The molecule has 3 heteroatoms. The van der Waals surface area contributed by atoms with Gasteiger partial charge in [-0.1, -0.05) is 12.1 Å². The van der Waals surface area contributed by atoms with Crippen LogP contribution < -0.4 is 0 Å². The molecule has 1 unspecified atom stereocenters. The van der Waals surface area contributed by atoms with Crippen molar-refractivity contribution in [2.24, 2.45) is 0 Å². The Morgan fingerprint density at radius 2 is 1.94 bits per heavy atom. The van der Waals surface area contributed by atoms with Crippen molar-refractivity contribution >= 4 is 0 Å². The topological polar surface area (TPSA) is 33.1 Å². The number of aliphatic hydroxyl groups is 1. The Labute approximate surface area is 99.8 Å². The zero-order chi connectivity index (χ0) is 12.4. The van der Waals surface area contributed by atoms with Gasteiger partial charge in [0.05, 0.1) is 0 Å². The van der Waals surface area contributed by atoms with Crippen LogP contribution in [-0.4, -0.2) is 10.1 Å². The van der Waals surface area contributed by atoms with Gasteiger partial charge in [0.25, 0.3) is 0 Å². The average Bonchev–Trinajstić information content (AvgIpc) is 2.32. The summed E-state index contributed by atoms with van der Waals surface area (Å²) in [5.41, 5.74) is 2.94. The van der Waals surface area contributed by atoms with E-state index in [1.54, 1.807) is 37.5 Å². The normalized spacial score (nSPS) is 12.5. The minimum atomic E-state index is -0.739. The standard InChI is InChI=1S/C14H14FNO/c1-9-7-11(3-4-13(9)15)14(17)12-5-6-16-8-10(12)2/h3-8,14,17H,1-2H3. The molecule has 88 valence electrons. The molecule has 0 aliphatic heterocycles. The number of hydrogen-bond acceptors (Lipinski definition) is 2. The minimum absolute atomic E-state index is 0.257. The number of pyridine rings is 1. The van der Waals surface area contributed by atoms with E-state index >= 15 is 0 Å². The van der Waals surface area contributed by atoms with Crippen molar-refractivity contribution in [1.82, 2.24) is 4.98 Å². The van der Waals surface area contributed by atoms with Gasteiger partial charge < -0.3 is 5.11 Å². The van der Waals surface area contributed by atoms with Crippen LogP contribution in [0.5, 0.6) is 0 Å². The Bertz CT molecular complexity index is 539. The van der Waals surface area contributed by atoms with Crippen LogP contribution >= 0.6 is 0 Å². The first-order valence-corrected chi connectivity index (χ1v) is 5.44. The van der Waals surface area contributed by atoms with E-state index in [-0.39, 0.29) is 5.82 Å². The van der Waals surface area contributed by atoms with Gasteiger partial charge in [-0.2, -0.15) is 0 Å². The van der Waals surface area contributed by atoms with Gasteiger partial charge >= 0.3 is 0 Å². The summed E-state index contributed by atoms with van der Waals surface area (Å²) >= 11 is 0. The van der Waals surface area contributed by atoms with E-state index in [0.29, 0.717) is 11.1 Å². The maximum Gasteiger partial charge on any atom is 0.126 e. The fraction of sp³-hybridized carbons (Fsp3) is 0.214. The van der Waals surface area contributed by atoms with Crippen molar-refractivity contribution < 1.29 is 9.50 Å². The molecule has 1 heterocycles. The summed E-state index contributed by atoms with van der Waals surface area (Å²) in [5, 5.41) is 10.2. The number of aryl methyl sites for hydroxylation is 2. The van der Waals surface area contributed by atoms with E-state index in [2.05, 4.69) is 4.98 Å². The van der Waals surface area contributed by atoms with E-state index < -0.39 is 6.10 Å². The highest BCUT2D eigenvalue weighted by molar-refractivity contribution is 5.35. The molecule has 2 aromatic rings. The number of benzene rings is 1. The Morgan fingerprint density at radius 3 is 2.59 bits per heavy atom. The summed E-state index contributed by atoms with van der Waals surface area (Å²) in [6.07, 6.45) is 2.61. The van der Waals surface area contributed by atoms with Gasteiger partial charge in [-0.05, 0) is 48.2 Å². The second kappa shape index (κ2) is 4.63. The molecule has 1 atom stereocenters. The van der Waals surface area contributed by atoms with E-state index in [0.717, 1.165) is 11.1 Å². The van der Waals surface area contributed by atoms with Crippen LogP contribution in [0, 0.1) is 19.7 Å². The van der Waals surface area contributed by atoms with Crippen LogP contribution in [0.2, 0.25) is 0 Å². The Balaban J connectivity index is 2.40. The average molecular weight is 231 g/mol. The number of hydrogen-bond donors (Lipinski definition) is 1. The lowest BCUT2D eigenvalue weighted by Gasteiger charge is -2.14. The molecule has 0 bridgehead atoms.